The Balaban J connectivity index is 2.01. The van der Waals surface area contributed by atoms with E-state index in [0.29, 0.717) is 18.7 Å². The maximum absolute atomic E-state index is 12.7. The molecule has 0 aliphatic rings. The molecule has 27 heavy (non-hydrogen) atoms. The summed E-state index contributed by atoms with van der Waals surface area (Å²) in [5.41, 5.74) is 2.95. The third-order valence-electron chi connectivity index (χ3n) is 4.36. The van der Waals surface area contributed by atoms with Crippen molar-refractivity contribution in [3.05, 3.63) is 65.7 Å². The van der Waals surface area contributed by atoms with Crippen LogP contribution in [0.4, 0.5) is 5.69 Å². The number of para-hydroxylation sites is 1. The SMILES string of the molecule is CCC(C(=O)NCCCc1cccc(C)c1)N(c1ccccc1)S(C)(=O)=O. The molecule has 0 aliphatic heterocycles. The van der Waals surface area contributed by atoms with Crippen LogP contribution in [0.3, 0.4) is 0 Å². The van der Waals surface area contributed by atoms with Crippen molar-refractivity contribution in [2.45, 2.75) is 39.2 Å². The molecule has 0 aromatic heterocycles. The van der Waals surface area contributed by atoms with Crippen molar-refractivity contribution in [1.29, 1.82) is 0 Å². The van der Waals surface area contributed by atoms with E-state index in [4.69, 9.17) is 0 Å². The van der Waals surface area contributed by atoms with Gasteiger partial charge in [-0.3, -0.25) is 9.10 Å². The minimum atomic E-state index is -3.58. The zero-order chi connectivity index (χ0) is 19.9. The number of nitrogens with zero attached hydrogens (tertiary/aromatic N) is 1. The molecule has 5 nitrogen and oxygen atoms in total. The van der Waals surface area contributed by atoms with Crippen LogP contribution in [-0.2, 0) is 21.2 Å². The minimum absolute atomic E-state index is 0.268. The van der Waals surface area contributed by atoms with Gasteiger partial charge in [0.15, 0.2) is 0 Å². The summed E-state index contributed by atoms with van der Waals surface area (Å²) in [5, 5.41) is 2.90. The molecule has 6 heteroatoms. The number of carbonyl (C=O) groups excluding carboxylic acids is 1. The van der Waals surface area contributed by atoms with E-state index in [2.05, 4.69) is 30.4 Å². The third-order valence-corrected chi connectivity index (χ3v) is 5.54. The van der Waals surface area contributed by atoms with Gasteiger partial charge in [-0.05, 0) is 43.9 Å². The lowest BCUT2D eigenvalue weighted by Crippen LogP contribution is -2.49. The number of hydrogen-bond acceptors (Lipinski definition) is 3. The first kappa shape index (κ1) is 21.0. The van der Waals surface area contributed by atoms with Crippen LogP contribution < -0.4 is 9.62 Å². The van der Waals surface area contributed by atoms with Gasteiger partial charge >= 0.3 is 0 Å². The average molecular weight is 389 g/mol. The van der Waals surface area contributed by atoms with E-state index in [1.165, 1.54) is 15.4 Å². The predicted octanol–water partition coefficient (Wildman–Crippen LogP) is 3.29. The number of anilines is 1. The molecule has 2 rings (SSSR count). The molecule has 1 amide bonds. The number of carbonyl (C=O) groups is 1. The van der Waals surface area contributed by atoms with Crippen molar-refractivity contribution in [2.75, 3.05) is 17.1 Å². The van der Waals surface area contributed by atoms with E-state index < -0.39 is 16.1 Å². The van der Waals surface area contributed by atoms with E-state index in [1.54, 1.807) is 24.3 Å². The second-order valence-electron chi connectivity index (χ2n) is 6.70. The van der Waals surface area contributed by atoms with Crippen molar-refractivity contribution in [1.82, 2.24) is 5.32 Å². The van der Waals surface area contributed by atoms with E-state index in [-0.39, 0.29) is 5.91 Å². The normalized spacial score (nSPS) is 12.4. The van der Waals surface area contributed by atoms with Crippen molar-refractivity contribution in [2.24, 2.45) is 0 Å². The molecule has 0 spiro atoms. The van der Waals surface area contributed by atoms with Gasteiger partial charge in [-0.15, -0.1) is 0 Å². The number of amides is 1. The van der Waals surface area contributed by atoms with Gasteiger partial charge in [0.1, 0.15) is 6.04 Å². The standard InChI is InChI=1S/C21H28N2O3S/c1-4-20(23(27(3,25)26)19-13-6-5-7-14-19)21(24)22-15-9-12-18-11-8-10-17(2)16-18/h5-8,10-11,13-14,16,20H,4,9,12,15H2,1-3H3,(H,22,24). The third kappa shape index (κ3) is 6.10. The molecular weight excluding hydrogens is 360 g/mol. The number of benzene rings is 2. The van der Waals surface area contributed by atoms with Gasteiger partial charge in [0.05, 0.1) is 11.9 Å². The summed E-state index contributed by atoms with van der Waals surface area (Å²) in [6, 6.07) is 16.3. The zero-order valence-corrected chi connectivity index (χ0v) is 17.0. The van der Waals surface area contributed by atoms with Gasteiger partial charge in [-0.1, -0.05) is 55.0 Å². The highest BCUT2D eigenvalue weighted by Gasteiger charge is 2.31. The molecule has 0 heterocycles. The summed E-state index contributed by atoms with van der Waals surface area (Å²) < 4.78 is 25.9. The number of rotatable bonds is 9. The molecule has 0 fully saturated rings. The van der Waals surface area contributed by atoms with Gasteiger partial charge in [0, 0.05) is 6.54 Å². The Kier molecular flexibility index (Phi) is 7.42. The monoisotopic (exact) mass is 388 g/mol. The largest absolute Gasteiger partial charge is 0.354 e. The fourth-order valence-corrected chi connectivity index (χ4v) is 4.34. The Bertz CT molecular complexity index is 851. The molecule has 2 aromatic carbocycles. The maximum atomic E-state index is 12.7. The quantitative estimate of drug-likeness (QED) is 0.671. The number of aryl methyl sites for hydroxylation is 2. The smallest absolute Gasteiger partial charge is 0.243 e. The molecule has 0 saturated heterocycles. The van der Waals surface area contributed by atoms with E-state index in [0.717, 1.165) is 19.1 Å². The molecular formula is C21H28N2O3S. The highest BCUT2D eigenvalue weighted by molar-refractivity contribution is 7.92. The van der Waals surface area contributed by atoms with Crippen LogP contribution in [0, 0.1) is 6.92 Å². The van der Waals surface area contributed by atoms with E-state index >= 15 is 0 Å². The number of hydrogen-bond donors (Lipinski definition) is 1. The first-order chi connectivity index (χ1) is 12.8. The Labute approximate surface area is 162 Å². The molecule has 0 aliphatic carbocycles. The summed E-state index contributed by atoms with van der Waals surface area (Å²) in [5.74, 6) is -0.268. The van der Waals surface area contributed by atoms with E-state index in [9.17, 15) is 13.2 Å². The zero-order valence-electron chi connectivity index (χ0n) is 16.2. The number of sulfonamides is 1. The van der Waals surface area contributed by atoms with Crippen molar-refractivity contribution in [3.8, 4) is 0 Å². The predicted molar refractivity (Wildman–Crippen MR) is 110 cm³/mol. The van der Waals surface area contributed by atoms with Crippen LogP contribution >= 0.6 is 0 Å². The molecule has 0 bridgehead atoms. The molecule has 1 N–H and O–H groups in total. The van der Waals surface area contributed by atoms with Gasteiger partial charge in [0.25, 0.3) is 0 Å². The summed E-state index contributed by atoms with van der Waals surface area (Å²) in [6.45, 7) is 4.38. The first-order valence-corrected chi connectivity index (χ1v) is 11.1. The topological polar surface area (TPSA) is 66.5 Å². The summed E-state index contributed by atoms with van der Waals surface area (Å²) >= 11 is 0. The van der Waals surface area contributed by atoms with Crippen LogP contribution in [0.1, 0.15) is 30.9 Å². The maximum Gasteiger partial charge on any atom is 0.243 e. The molecule has 2 aromatic rings. The van der Waals surface area contributed by atoms with Crippen LogP contribution in [0.15, 0.2) is 54.6 Å². The Morgan fingerprint density at radius 2 is 1.81 bits per heavy atom. The molecule has 1 atom stereocenters. The summed E-state index contributed by atoms with van der Waals surface area (Å²) in [7, 11) is -3.58. The summed E-state index contributed by atoms with van der Waals surface area (Å²) in [4.78, 5) is 12.7. The van der Waals surface area contributed by atoms with Gasteiger partial charge in [0.2, 0.25) is 15.9 Å². The summed E-state index contributed by atoms with van der Waals surface area (Å²) in [6.07, 6.45) is 3.20. The van der Waals surface area contributed by atoms with Gasteiger partial charge < -0.3 is 5.32 Å². The van der Waals surface area contributed by atoms with Crippen LogP contribution in [0.25, 0.3) is 0 Å². The average Bonchev–Trinajstić information content (AvgIpc) is 2.62. The van der Waals surface area contributed by atoms with Crippen LogP contribution in [0.2, 0.25) is 0 Å². The first-order valence-electron chi connectivity index (χ1n) is 9.20. The van der Waals surface area contributed by atoms with Gasteiger partial charge in [-0.2, -0.15) is 0 Å². The van der Waals surface area contributed by atoms with Crippen molar-refractivity contribution in [3.63, 3.8) is 0 Å². The Hall–Kier alpha value is -2.34. The fraction of sp³-hybridized carbons (Fsp3) is 0.381. The van der Waals surface area contributed by atoms with E-state index in [1.807, 2.05) is 19.1 Å². The van der Waals surface area contributed by atoms with Crippen LogP contribution in [-0.4, -0.2) is 33.2 Å². The minimum Gasteiger partial charge on any atom is -0.354 e. The van der Waals surface area contributed by atoms with Crippen LogP contribution in [0.5, 0.6) is 0 Å². The molecule has 0 radical (unpaired) electrons. The lowest BCUT2D eigenvalue weighted by molar-refractivity contribution is -0.122. The highest BCUT2D eigenvalue weighted by Crippen LogP contribution is 2.22. The number of nitrogens with one attached hydrogen (secondary N) is 1. The molecule has 146 valence electrons. The lowest BCUT2D eigenvalue weighted by atomic mass is 10.1. The Morgan fingerprint density at radius 1 is 1.11 bits per heavy atom. The second-order valence-corrected chi connectivity index (χ2v) is 8.56. The second kappa shape index (κ2) is 9.55. The lowest BCUT2D eigenvalue weighted by Gasteiger charge is -2.30. The molecule has 0 saturated carbocycles. The van der Waals surface area contributed by atoms with Crippen molar-refractivity contribution >= 4 is 21.6 Å². The van der Waals surface area contributed by atoms with Crippen molar-refractivity contribution < 1.29 is 13.2 Å². The fourth-order valence-electron chi connectivity index (χ4n) is 3.12. The Morgan fingerprint density at radius 3 is 2.41 bits per heavy atom. The molecule has 1 unspecified atom stereocenters. The van der Waals surface area contributed by atoms with Gasteiger partial charge in [-0.25, -0.2) is 8.42 Å². The highest BCUT2D eigenvalue weighted by atomic mass is 32.2.